The van der Waals surface area contributed by atoms with E-state index in [0.717, 1.165) is 16.5 Å². The molecule has 178 valence electrons. The van der Waals surface area contributed by atoms with E-state index in [1.807, 2.05) is 0 Å². The van der Waals surface area contributed by atoms with E-state index >= 15 is 0 Å². The second-order valence-electron chi connectivity index (χ2n) is 7.73. The summed E-state index contributed by atoms with van der Waals surface area (Å²) in [6.07, 6.45) is -10.1. The van der Waals surface area contributed by atoms with Gasteiger partial charge in [0.15, 0.2) is 0 Å². The molecule has 3 heterocycles. The van der Waals surface area contributed by atoms with E-state index in [4.69, 9.17) is 16.3 Å². The third-order valence-corrected chi connectivity index (χ3v) is 5.79. The minimum Gasteiger partial charge on any atom is -0.382 e. The molecule has 1 aliphatic heterocycles. The maximum Gasteiger partial charge on any atom is 0.451 e. The van der Waals surface area contributed by atoms with Crippen LogP contribution in [0, 0.1) is 0 Å². The highest BCUT2D eigenvalue weighted by atomic mass is 35.5. The summed E-state index contributed by atoms with van der Waals surface area (Å²) in [5.41, 5.74) is 2.28. The maximum absolute atomic E-state index is 13.3. The van der Waals surface area contributed by atoms with Gasteiger partial charge >= 0.3 is 12.4 Å². The summed E-state index contributed by atoms with van der Waals surface area (Å²) in [5.74, 6) is -4.49. The number of nitrogens with one attached hydrogen (secondary N) is 1. The number of alkyl halides is 6. The van der Waals surface area contributed by atoms with Gasteiger partial charge in [0.2, 0.25) is 17.6 Å². The third-order valence-electron chi connectivity index (χ3n) is 5.56. The van der Waals surface area contributed by atoms with Gasteiger partial charge < -0.3 is 14.6 Å². The molecule has 0 amide bonds. The minimum absolute atomic E-state index is 0.0895. The second kappa shape index (κ2) is 8.32. The molecule has 0 unspecified atom stereocenters. The van der Waals surface area contributed by atoms with E-state index in [-0.39, 0.29) is 19.1 Å². The lowest BCUT2D eigenvalue weighted by Crippen LogP contribution is -2.39. The Morgan fingerprint density at radius 2 is 1.76 bits per heavy atom. The van der Waals surface area contributed by atoms with Crippen molar-refractivity contribution in [2.45, 2.75) is 44.3 Å². The molecule has 1 aliphatic rings. The Balaban J connectivity index is 1.87. The molecule has 2 aromatic heterocycles. The predicted molar refractivity (Wildman–Crippen MR) is 108 cm³/mol. The number of H-pyrrole nitrogens is 1. The van der Waals surface area contributed by atoms with E-state index in [0.29, 0.717) is 17.1 Å². The van der Waals surface area contributed by atoms with Gasteiger partial charge in [-0.1, -0.05) is 11.6 Å². The molecule has 2 atom stereocenters. The van der Waals surface area contributed by atoms with Gasteiger partial charge in [-0.2, -0.15) is 36.3 Å². The molecular weight excluding hydrogens is 476 g/mol. The summed E-state index contributed by atoms with van der Waals surface area (Å²) in [7, 11) is 1.47. The van der Waals surface area contributed by atoms with E-state index in [1.54, 1.807) is 25.1 Å². The smallest absolute Gasteiger partial charge is 0.382 e. The summed E-state index contributed by atoms with van der Waals surface area (Å²) < 4.78 is 85.2. The number of halogens is 7. The lowest BCUT2D eigenvalue weighted by molar-refractivity contribution is -0.155. The van der Waals surface area contributed by atoms with Crippen LogP contribution in [0.3, 0.4) is 0 Å². The van der Waals surface area contributed by atoms with E-state index in [1.165, 1.54) is 12.0 Å². The molecule has 0 radical (unpaired) electrons. The Bertz CT molecular complexity index is 1150. The standard InChI is InChI=1S/C20H18ClF6N5O/c1-9(33-2)7-14-15-11(12-8-10(21)3-4-13(12)28-15)5-6-32(14)18-30-16(19(22,23)24)29-17(31-18)20(25,26)27/h3-4,8-9,14,28H,5-7H2,1-2H3/t9-,14+/m1/s1. The molecule has 1 N–H and O–H groups in total. The molecular formula is C20H18ClF6N5O. The van der Waals surface area contributed by atoms with Crippen molar-refractivity contribution in [3.8, 4) is 0 Å². The van der Waals surface area contributed by atoms with Crippen LogP contribution < -0.4 is 4.90 Å². The molecule has 4 rings (SSSR count). The number of nitrogens with zero attached hydrogens (tertiary/aromatic N) is 4. The van der Waals surface area contributed by atoms with Crippen LogP contribution in [0.25, 0.3) is 10.9 Å². The van der Waals surface area contributed by atoms with Crippen molar-refractivity contribution in [2.75, 3.05) is 18.6 Å². The number of aromatic amines is 1. The number of hydrogen-bond donors (Lipinski definition) is 1. The van der Waals surface area contributed by atoms with Gasteiger partial charge in [-0.3, -0.25) is 0 Å². The van der Waals surface area contributed by atoms with Crippen molar-refractivity contribution in [3.05, 3.63) is 46.1 Å². The van der Waals surface area contributed by atoms with Crippen LogP contribution >= 0.6 is 11.6 Å². The largest absolute Gasteiger partial charge is 0.451 e. The van der Waals surface area contributed by atoms with Crippen molar-refractivity contribution in [3.63, 3.8) is 0 Å². The summed E-state index contributed by atoms with van der Waals surface area (Å²) in [6, 6.07) is 4.56. The monoisotopic (exact) mass is 493 g/mol. The van der Waals surface area contributed by atoms with Crippen molar-refractivity contribution in [1.29, 1.82) is 0 Å². The minimum atomic E-state index is -5.17. The van der Waals surface area contributed by atoms with Crippen molar-refractivity contribution >= 4 is 28.5 Å². The quantitative estimate of drug-likeness (QED) is 0.481. The zero-order chi connectivity index (χ0) is 24.1. The average Bonchev–Trinajstić information content (AvgIpc) is 3.10. The molecule has 0 fully saturated rings. The highest BCUT2D eigenvalue weighted by Gasteiger charge is 2.43. The fourth-order valence-corrected chi connectivity index (χ4v) is 4.15. The summed E-state index contributed by atoms with van der Waals surface area (Å²) >= 11 is 6.12. The van der Waals surface area contributed by atoms with Gasteiger partial charge in [-0.25, -0.2) is 4.98 Å². The molecule has 0 saturated heterocycles. The van der Waals surface area contributed by atoms with E-state index in [2.05, 4.69) is 19.9 Å². The Labute approximate surface area is 188 Å². The number of rotatable bonds is 4. The number of benzene rings is 1. The molecule has 1 aromatic carbocycles. The van der Waals surface area contributed by atoms with Gasteiger partial charge in [0.1, 0.15) is 0 Å². The van der Waals surface area contributed by atoms with Crippen LogP contribution in [0.4, 0.5) is 32.3 Å². The zero-order valence-corrected chi connectivity index (χ0v) is 18.1. The third kappa shape index (κ3) is 4.58. The number of methoxy groups -OCH3 is 1. The Morgan fingerprint density at radius 3 is 2.33 bits per heavy atom. The molecule has 0 bridgehead atoms. The molecule has 0 spiro atoms. The van der Waals surface area contributed by atoms with Gasteiger partial charge in [-0.15, -0.1) is 0 Å². The van der Waals surface area contributed by atoms with Crippen LogP contribution in [0.5, 0.6) is 0 Å². The number of aromatic nitrogens is 4. The van der Waals surface area contributed by atoms with Gasteiger partial charge in [0.25, 0.3) is 0 Å². The van der Waals surface area contributed by atoms with Crippen molar-refractivity contribution in [1.82, 2.24) is 19.9 Å². The maximum atomic E-state index is 13.3. The van der Waals surface area contributed by atoms with Crippen molar-refractivity contribution in [2.24, 2.45) is 0 Å². The highest BCUT2D eigenvalue weighted by Crippen LogP contribution is 2.40. The predicted octanol–water partition coefficient (Wildman–Crippen LogP) is 5.57. The highest BCUT2D eigenvalue weighted by molar-refractivity contribution is 6.31. The van der Waals surface area contributed by atoms with Crippen LogP contribution in [0.15, 0.2) is 18.2 Å². The second-order valence-corrected chi connectivity index (χ2v) is 8.16. The topological polar surface area (TPSA) is 66.9 Å². The number of ether oxygens (including phenoxy) is 1. The molecule has 3 aromatic rings. The SMILES string of the molecule is CO[C@H](C)C[C@H]1c2[nH]c3ccc(Cl)cc3c2CCN1c1nc(C(F)(F)F)nc(C(F)(F)F)n1. The lowest BCUT2D eigenvalue weighted by Gasteiger charge is -2.37. The molecule has 6 nitrogen and oxygen atoms in total. The van der Waals surface area contributed by atoms with Crippen LogP contribution in [0.1, 0.15) is 42.3 Å². The summed E-state index contributed by atoms with van der Waals surface area (Å²) in [4.78, 5) is 13.9. The zero-order valence-electron chi connectivity index (χ0n) is 17.4. The number of anilines is 1. The normalized spacial score (nSPS) is 18.0. The van der Waals surface area contributed by atoms with Crippen LogP contribution in [0.2, 0.25) is 5.02 Å². The molecule has 0 saturated carbocycles. The van der Waals surface area contributed by atoms with E-state index in [9.17, 15) is 26.3 Å². The van der Waals surface area contributed by atoms with Gasteiger partial charge in [-0.05, 0) is 43.5 Å². The summed E-state index contributed by atoms with van der Waals surface area (Å²) in [6.45, 7) is 1.84. The molecule has 13 heteroatoms. The van der Waals surface area contributed by atoms with Crippen LogP contribution in [-0.4, -0.2) is 39.7 Å². The molecule has 33 heavy (non-hydrogen) atoms. The fraction of sp³-hybridized carbons (Fsp3) is 0.450. The first-order chi connectivity index (χ1) is 15.4. The molecule has 0 aliphatic carbocycles. The van der Waals surface area contributed by atoms with Gasteiger partial charge in [0.05, 0.1) is 12.1 Å². The first kappa shape index (κ1) is 23.6. The van der Waals surface area contributed by atoms with Gasteiger partial charge in [0, 0.05) is 35.3 Å². The number of hydrogen-bond acceptors (Lipinski definition) is 5. The van der Waals surface area contributed by atoms with Crippen molar-refractivity contribution < 1.29 is 31.1 Å². The summed E-state index contributed by atoms with van der Waals surface area (Å²) in [5, 5.41) is 1.35. The van der Waals surface area contributed by atoms with Crippen LogP contribution in [-0.2, 0) is 23.5 Å². The first-order valence-corrected chi connectivity index (χ1v) is 10.3. The average molecular weight is 494 g/mol. The lowest BCUT2D eigenvalue weighted by atomic mass is 9.94. The number of fused-ring (bicyclic) bond motifs is 3. The fourth-order valence-electron chi connectivity index (χ4n) is 3.98. The Kier molecular flexibility index (Phi) is 5.94. The first-order valence-electron chi connectivity index (χ1n) is 9.88. The Morgan fingerprint density at radius 1 is 1.12 bits per heavy atom. The van der Waals surface area contributed by atoms with E-state index < -0.39 is 36.0 Å². The Hall–Kier alpha value is -2.60.